The largest absolute Gasteiger partial charge is 0.463 e. The topological polar surface area (TPSA) is 61.5 Å². The molecular weight excluding hydrogens is 194 g/mol. The number of carbonyl (C=O) groups is 1. The minimum Gasteiger partial charge on any atom is -0.463 e. The molecule has 0 aliphatic heterocycles. The third-order valence-corrected chi connectivity index (χ3v) is 2.17. The first-order chi connectivity index (χ1) is 7.04. The van der Waals surface area contributed by atoms with E-state index < -0.39 is 5.41 Å². The molecule has 0 bridgehead atoms. The molecule has 0 rings (SSSR count). The smallest absolute Gasteiger partial charge is 0.312 e. The molecule has 0 aromatic carbocycles. The average molecular weight is 217 g/mol. The molecule has 4 nitrogen and oxygen atoms in total. The molecule has 0 saturated heterocycles. The van der Waals surface area contributed by atoms with Gasteiger partial charge in [-0.15, -0.1) is 0 Å². The maximum absolute atomic E-state index is 11.4. The second-order valence-electron chi connectivity index (χ2n) is 4.19. The van der Waals surface area contributed by atoms with Crippen molar-refractivity contribution < 1.29 is 14.3 Å². The lowest BCUT2D eigenvalue weighted by Crippen LogP contribution is -2.34. The zero-order valence-electron chi connectivity index (χ0n) is 10.0. The van der Waals surface area contributed by atoms with Crippen molar-refractivity contribution in [3.8, 4) is 0 Å². The Bertz CT molecular complexity index is 181. The van der Waals surface area contributed by atoms with Gasteiger partial charge in [0.1, 0.15) is 6.61 Å². The molecular formula is C11H23NO3. The van der Waals surface area contributed by atoms with E-state index in [0.29, 0.717) is 19.8 Å². The summed E-state index contributed by atoms with van der Waals surface area (Å²) in [6.07, 6.45) is 2.15. The fraction of sp³-hybridized carbons (Fsp3) is 0.909. The van der Waals surface area contributed by atoms with Gasteiger partial charge >= 0.3 is 5.97 Å². The molecule has 0 unspecified atom stereocenters. The lowest BCUT2D eigenvalue weighted by Gasteiger charge is -2.19. The minimum atomic E-state index is -0.594. The molecule has 90 valence electrons. The highest BCUT2D eigenvalue weighted by Crippen LogP contribution is 2.14. The fourth-order valence-electron chi connectivity index (χ4n) is 0.820. The zero-order valence-corrected chi connectivity index (χ0v) is 10.0. The SMILES string of the molecule is CCCCOCCOC(=O)C(C)(C)CN. The van der Waals surface area contributed by atoms with Crippen LogP contribution in [0.1, 0.15) is 33.6 Å². The van der Waals surface area contributed by atoms with Gasteiger partial charge in [0.15, 0.2) is 0 Å². The standard InChI is InChI=1S/C11H23NO3/c1-4-5-6-14-7-8-15-10(13)11(2,3)9-12/h4-9,12H2,1-3H3. The van der Waals surface area contributed by atoms with Crippen LogP contribution in [0.5, 0.6) is 0 Å². The summed E-state index contributed by atoms with van der Waals surface area (Å²) in [7, 11) is 0. The van der Waals surface area contributed by atoms with Crippen molar-refractivity contribution in [1.29, 1.82) is 0 Å². The summed E-state index contributed by atoms with van der Waals surface area (Å²) in [5, 5.41) is 0. The molecule has 0 aromatic heterocycles. The Labute approximate surface area is 92.1 Å². The van der Waals surface area contributed by atoms with Crippen molar-refractivity contribution in [2.45, 2.75) is 33.6 Å². The summed E-state index contributed by atoms with van der Waals surface area (Å²) < 4.78 is 10.3. The van der Waals surface area contributed by atoms with E-state index in [1.54, 1.807) is 13.8 Å². The van der Waals surface area contributed by atoms with Crippen molar-refractivity contribution in [2.24, 2.45) is 11.1 Å². The Hall–Kier alpha value is -0.610. The highest BCUT2D eigenvalue weighted by molar-refractivity contribution is 5.76. The molecule has 0 spiro atoms. The molecule has 4 heteroatoms. The number of hydrogen-bond donors (Lipinski definition) is 1. The summed E-state index contributed by atoms with van der Waals surface area (Å²) in [5.74, 6) is -0.260. The molecule has 2 N–H and O–H groups in total. The van der Waals surface area contributed by atoms with E-state index in [-0.39, 0.29) is 5.97 Å². The van der Waals surface area contributed by atoms with Crippen LogP contribution in [0.4, 0.5) is 0 Å². The normalized spacial score (nSPS) is 11.5. The molecule has 0 fully saturated rings. The summed E-state index contributed by atoms with van der Waals surface area (Å²) in [4.78, 5) is 11.4. The van der Waals surface area contributed by atoms with Crippen molar-refractivity contribution >= 4 is 5.97 Å². The van der Waals surface area contributed by atoms with Crippen LogP contribution in [-0.2, 0) is 14.3 Å². The summed E-state index contributed by atoms with van der Waals surface area (Å²) >= 11 is 0. The van der Waals surface area contributed by atoms with E-state index in [0.717, 1.165) is 19.4 Å². The number of rotatable bonds is 8. The van der Waals surface area contributed by atoms with Crippen LogP contribution in [0.15, 0.2) is 0 Å². The fourth-order valence-corrected chi connectivity index (χ4v) is 0.820. The number of ether oxygens (including phenoxy) is 2. The van der Waals surface area contributed by atoms with Gasteiger partial charge in [0.05, 0.1) is 12.0 Å². The van der Waals surface area contributed by atoms with Crippen molar-refractivity contribution in [1.82, 2.24) is 0 Å². The first-order valence-electron chi connectivity index (χ1n) is 5.49. The van der Waals surface area contributed by atoms with Crippen LogP contribution in [0.25, 0.3) is 0 Å². The first-order valence-corrected chi connectivity index (χ1v) is 5.49. The third kappa shape index (κ3) is 6.47. The quantitative estimate of drug-likeness (QED) is 0.492. The number of nitrogens with two attached hydrogens (primary N) is 1. The summed E-state index contributed by atoms with van der Waals surface area (Å²) in [5.41, 5.74) is 4.85. The third-order valence-electron chi connectivity index (χ3n) is 2.17. The predicted molar refractivity (Wildman–Crippen MR) is 59.5 cm³/mol. The van der Waals surface area contributed by atoms with Gasteiger partial charge < -0.3 is 15.2 Å². The molecule has 0 amide bonds. The van der Waals surface area contributed by atoms with E-state index in [9.17, 15) is 4.79 Å². The molecule has 0 heterocycles. The summed E-state index contributed by atoms with van der Waals surface area (Å²) in [6, 6.07) is 0. The molecule has 0 saturated carbocycles. The van der Waals surface area contributed by atoms with Crippen molar-refractivity contribution in [2.75, 3.05) is 26.4 Å². The lowest BCUT2D eigenvalue weighted by molar-refractivity contribution is -0.154. The van der Waals surface area contributed by atoms with Crippen LogP contribution < -0.4 is 5.73 Å². The number of unbranched alkanes of at least 4 members (excludes halogenated alkanes) is 1. The monoisotopic (exact) mass is 217 g/mol. The van der Waals surface area contributed by atoms with E-state index in [1.165, 1.54) is 0 Å². The van der Waals surface area contributed by atoms with Crippen LogP contribution >= 0.6 is 0 Å². The second-order valence-corrected chi connectivity index (χ2v) is 4.19. The molecule has 15 heavy (non-hydrogen) atoms. The van der Waals surface area contributed by atoms with Gasteiger partial charge in [-0.2, -0.15) is 0 Å². The van der Waals surface area contributed by atoms with Gasteiger partial charge in [-0.1, -0.05) is 13.3 Å². The minimum absolute atomic E-state index is 0.260. The van der Waals surface area contributed by atoms with Crippen LogP contribution in [-0.4, -0.2) is 32.3 Å². The van der Waals surface area contributed by atoms with E-state index >= 15 is 0 Å². The molecule has 0 atom stereocenters. The van der Waals surface area contributed by atoms with Gasteiger partial charge in [0.2, 0.25) is 0 Å². The van der Waals surface area contributed by atoms with E-state index in [2.05, 4.69) is 6.92 Å². The van der Waals surface area contributed by atoms with Crippen LogP contribution in [0, 0.1) is 5.41 Å². The highest BCUT2D eigenvalue weighted by atomic mass is 16.6. The van der Waals surface area contributed by atoms with Crippen molar-refractivity contribution in [3.05, 3.63) is 0 Å². The van der Waals surface area contributed by atoms with Gasteiger partial charge in [-0.25, -0.2) is 0 Å². The Balaban J connectivity index is 3.47. The maximum atomic E-state index is 11.4. The van der Waals surface area contributed by atoms with Crippen molar-refractivity contribution in [3.63, 3.8) is 0 Å². The lowest BCUT2D eigenvalue weighted by atomic mass is 9.94. The second kappa shape index (κ2) is 7.65. The van der Waals surface area contributed by atoms with E-state index in [4.69, 9.17) is 15.2 Å². The molecule has 0 aliphatic carbocycles. The van der Waals surface area contributed by atoms with Gasteiger partial charge in [-0.05, 0) is 20.3 Å². The molecule has 0 aromatic rings. The maximum Gasteiger partial charge on any atom is 0.312 e. The molecule has 0 radical (unpaired) electrons. The summed E-state index contributed by atoms with van der Waals surface area (Å²) in [6.45, 7) is 7.45. The predicted octanol–water partition coefficient (Wildman–Crippen LogP) is 1.33. The van der Waals surface area contributed by atoms with Crippen LogP contribution in [0.3, 0.4) is 0 Å². The molecule has 0 aliphatic rings. The Kier molecular flexibility index (Phi) is 7.34. The Morgan fingerprint density at radius 3 is 2.47 bits per heavy atom. The van der Waals surface area contributed by atoms with Crippen LogP contribution in [0.2, 0.25) is 0 Å². The van der Waals surface area contributed by atoms with Gasteiger partial charge in [-0.3, -0.25) is 4.79 Å². The zero-order chi connectivity index (χ0) is 11.7. The highest BCUT2D eigenvalue weighted by Gasteiger charge is 2.27. The Morgan fingerprint density at radius 1 is 1.27 bits per heavy atom. The number of carbonyl (C=O) groups excluding carboxylic acids is 1. The number of esters is 1. The van der Waals surface area contributed by atoms with Gasteiger partial charge in [0, 0.05) is 13.2 Å². The average Bonchev–Trinajstić information content (AvgIpc) is 2.22. The Morgan fingerprint density at radius 2 is 1.93 bits per heavy atom. The first kappa shape index (κ1) is 14.4. The number of hydrogen-bond acceptors (Lipinski definition) is 4. The van der Waals surface area contributed by atoms with Gasteiger partial charge in [0.25, 0.3) is 0 Å². The van der Waals surface area contributed by atoms with E-state index in [1.807, 2.05) is 0 Å².